The van der Waals surface area contributed by atoms with Crippen LogP contribution in [0.4, 0.5) is 15.8 Å². The van der Waals surface area contributed by atoms with Crippen LogP contribution in [0.5, 0.6) is 0 Å². The maximum absolute atomic E-state index is 13.7. The highest BCUT2D eigenvalue weighted by Crippen LogP contribution is 2.23. The van der Waals surface area contributed by atoms with Gasteiger partial charge in [-0.2, -0.15) is 0 Å². The molecular formula is C19H14BrFN2O2S2. The first kappa shape index (κ1) is 19.6. The molecule has 4 nitrogen and oxygen atoms in total. The van der Waals surface area contributed by atoms with Crippen molar-refractivity contribution in [1.29, 1.82) is 0 Å². The molecule has 0 saturated carbocycles. The van der Waals surface area contributed by atoms with E-state index in [9.17, 15) is 14.0 Å². The van der Waals surface area contributed by atoms with Crippen molar-refractivity contribution in [2.45, 2.75) is 4.90 Å². The molecule has 0 unspecified atom stereocenters. The van der Waals surface area contributed by atoms with E-state index >= 15 is 0 Å². The number of thioether (sulfide) groups is 1. The quantitative estimate of drug-likeness (QED) is 0.464. The molecular weight excluding hydrogens is 451 g/mol. The molecule has 0 aliphatic rings. The van der Waals surface area contributed by atoms with Crippen LogP contribution in [0.3, 0.4) is 0 Å². The number of benzene rings is 2. The number of halogens is 2. The zero-order chi connectivity index (χ0) is 19.2. The van der Waals surface area contributed by atoms with E-state index in [1.807, 2.05) is 23.6 Å². The molecule has 2 amide bonds. The van der Waals surface area contributed by atoms with Gasteiger partial charge < -0.3 is 10.6 Å². The molecule has 138 valence electrons. The van der Waals surface area contributed by atoms with Crippen LogP contribution in [0.25, 0.3) is 0 Å². The standard InChI is InChI=1S/C19H14BrFN2O2S2/c20-12-3-8-16(15(21)10-12)23-18(24)11-27-14-6-4-13(5-7-14)22-19(25)17-2-1-9-26-17/h1-10H,11H2,(H,22,25)(H,23,24). The minimum atomic E-state index is -0.492. The average molecular weight is 465 g/mol. The molecule has 0 bridgehead atoms. The Labute approximate surface area is 172 Å². The van der Waals surface area contributed by atoms with Gasteiger partial charge in [-0.1, -0.05) is 22.0 Å². The number of nitrogens with one attached hydrogen (secondary N) is 2. The van der Waals surface area contributed by atoms with Crippen molar-refractivity contribution >= 4 is 62.2 Å². The lowest BCUT2D eigenvalue weighted by atomic mass is 10.3. The molecule has 0 aliphatic heterocycles. The molecule has 1 heterocycles. The number of carbonyl (C=O) groups is 2. The summed E-state index contributed by atoms with van der Waals surface area (Å²) >= 11 is 5.88. The Balaban J connectivity index is 1.51. The Hall–Kier alpha value is -2.16. The molecule has 3 rings (SSSR count). The first-order chi connectivity index (χ1) is 13.0. The Bertz CT molecular complexity index is 947. The van der Waals surface area contributed by atoms with Crippen LogP contribution in [-0.2, 0) is 4.79 Å². The first-order valence-electron chi connectivity index (χ1n) is 7.84. The van der Waals surface area contributed by atoms with Gasteiger partial charge >= 0.3 is 0 Å². The van der Waals surface area contributed by atoms with Gasteiger partial charge in [-0.15, -0.1) is 23.1 Å². The highest BCUT2D eigenvalue weighted by atomic mass is 79.9. The minimum absolute atomic E-state index is 0.149. The highest BCUT2D eigenvalue weighted by Gasteiger charge is 2.09. The summed E-state index contributed by atoms with van der Waals surface area (Å²) in [5.41, 5.74) is 0.828. The van der Waals surface area contributed by atoms with Crippen LogP contribution in [-0.4, -0.2) is 17.6 Å². The highest BCUT2D eigenvalue weighted by molar-refractivity contribution is 9.10. The van der Waals surface area contributed by atoms with Crippen LogP contribution in [0.15, 0.2) is 69.3 Å². The van der Waals surface area contributed by atoms with Crippen LogP contribution < -0.4 is 10.6 Å². The van der Waals surface area contributed by atoms with Gasteiger partial charge in [0.15, 0.2) is 0 Å². The molecule has 2 N–H and O–H groups in total. The smallest absolute Gasteiger partial charge is 0.265 e. The molecule has 0 fully saturated rings. The Morgan fingerprint density at radius 3 is 2.52 bits per heavy atom. The Morgan fingerprint density at radius 1 is 1.07 bits per heavy atom. The molecule has 27 heavy (non-hydrogen) atoms. The van der Waals surface area contributed by atoms with Crippen molar-refractivity contribution < 1.29 is 14.0 Å². The zero-order valence-electron chi connectivity index (χ0n) is 13.9. The largest absolute Gasteiger partial charge is 0.323 e. The number of carbonyl (C=O) groups excluding carboxylic acids is 2. The maximum Gasteiger partial charge on any atom is 0.265 e. The van der Waals surface area contributed by atoms with E-state index in [-0.39, 0.29) is 23.3 Å². The average Bonchev–Trinajstić information content (AvgIpc) is 3.18. The summed E-state index contributed by atoms with van der Waals surface area (Å²) in [6.45, 7) is 0. The normalized spacial score (nSPS) is 10.4. The molecule has 0 saturated heterocycles. The second-order valence-electron chi connectivity index (χ2n) is 5.42. The van der Waals surface area contributed by atoms with E-state index in [4.69, 9.17) is 0 Å². The molecule has 0 aliphatic carbocycles. The number of thiophene rings is 1. The molecule has 3 aromatic rings. The van der Waals surface area contributed by atoms with Crippen molar-refractivity contribution in [3.63, 3.8) is 0 Å². The second kappa shape index (κ2) is 9.16. The molecule has 0 atom stereocenters. The summed E-state index contributed by atoms with van der Waals surface area (Å²) in [6, 6.07) is 15.3. The van der Waals surface area contributed by atoms with E-state index in [2.05, 4.69) is 26.6 Å². The van der Waals surface area contributed by atoms with Crippen molar-refractivity contribution in [2.24, 2.45) is 0 Å². The molecule has 1 aromatic heterocycles. The summed E-state index contributed by atoms with van der Waals surface area (Å²) < 4.78 is 14.3. The fourth-order valence-corrected chi connectivity index (χ4v) is 3.81. The lowest BCUT2D eigenvalue weighted by molar-refractivity contribution is -0.113. The van der Waals surface area contributed by atoms with Crippen LogP contribution in [0, 0.1) is 5.82 Å². The van der Waals surface area contributed by atoms with E-state index in [0.717, 1.165) is 4.90 Å². The second-order valence-corrected chi connectivity index (χ2v) is 8.33. The van der Waals surface area contributed by atoms with Gasteiger partial charge in [0.25, 0.3) is 5.91 Å². The summed E-state index contributed by atoms with van der Waals surface area (Å²) in [5, 5.41) is 7.21. The lowest BCUT2D eigenvalue weighted by Crippen LogP contribution is -2.15. The predicted molar refractivity (Wildman–Crippen MR) is 112 cm³/mol. The van der Waals surface area contributed by atoms with Crippen LogP contribution >= 0.6 is 39.0 Å². The summed E-state index contributed by atoms with van der Waals surface area (Å²) in [7, 11) is 0. The number of amides is 2. The van der Waals surface area contributed by atoms with Crippen LogP contribution in [0.1, 0.15) is 9.67 Å². The molecule has 0 radical (unpaired) electrons. The maximum atomic E-state index is 13.7. The first-order valence-corrected chi connectivity index (χ1v) is 10.5. The van der Waals surface area contributed by atoms with Gasteiger partial charge in [0.2, 0.25) is 5.91 Å². The van der Waals surface area contributed by atoms with Crippen molar-refractivity contribution in [1.82, 2.24) is 0 Å². The van der Waals surface area contributed by atoms with E-state index in [1.165, 1.54) is 35.2 Å². The fraction of sp³-hybridized carbons (Fsp3) is 0.0526. The number of hydrogen-bond donors (Lipinski definition) is 2. The van der Waals surface area contributed by atoms with Gasteiger partial charge in [-0.05, 0) is 53.9 Å². The third-order valence-electron chi connectivity index (χ3n) is 3.43. The Kier molecular flexibility index (Phi) is 6.65. The van der Waals surface area contributed by atoms with Gasteiger partial charge in [0.05, 0.1) is 16.3 Å². The van der Waals surface area contributed by atoms with Gasteiger partial charge in [0.1, 0.15) is 5.82 Å². The lowest BCUT2D eigenvalue weighted by Gasteiger charge is -2.08. The van der Waals surface area contributed by atoms with Crippen molar-refractivity contribution in [3.8, 4) is 0 Å². The third kappa shape index (κ3) is 5.66. The monoisotopic (exact) mass is 464 g/mol. The van der Waals surface area contributed by atoms with Crippen molar-refractivity contribution in [2.75, 3.05) is 16.4 Å². The van der Waals surface area contributed by atoms with Crippen LogP contribution in [0.2, 0.25) is 0 Å². The zero-order valence-corrected chi connectivity index (χ0v) is 17.1. The molecule has 2 aromatic carbocycles. The van der Waals surface area contributed by atoms with Gasteiger partial charge in [0, 0.05) is 15.1 Å². The van der Waals surface area contributed by atoms with Gasteiger partial charge in [-0.25, -0.2) is 4.39 Å². The molecule has 8 heteroatoms. The summed E-state index contributed by atoms with van der Waals surface area (Å²) in [4.78, 5) is 25.5. The Morgan fingerprint density at radius 2 is 1.85 bits per heavy atom. The summed E-state index contributed by atoms with van der Waals surface area (Å²) in [6.07, 6.45) is 0. The topological polar surface area (TPSA) is 58.2 Å². The predicted octanol–water partition coefficient (Wildman–Crippen LogP) is 5.63. The van der Waals surface area contributed by atoms with Gasteiger partial charge in [-0.3, -0.25) is 9.59 Å². The molecule has 0 spiro atoms. The number of anilines is 2. The van der Waals surface area contributed by atoms with E-state index < -0.39 is 5.82 Å². The number of hydrogen-bond acceptors (Lipinski definition) is 4. The minimum Gasteiger partial charge on any atom is -0.323 e. The van der Waals surface area contributed by atoms with E-state index in [1.54, 1.807) is 24.3 Å². The summed E-state index contributed by atoms with van der Waals surface area (Å²) in [5.74, 6) is -0.790. The van der Waals surface area contributed by atoms with E-state index in [0.29, 0.717) is 15.0 Å². The fourth-order valence-electron chi connectivity index (χ4n) is 2.16. The third-order valence-corrected chi connectivity index (χ3v) is 5.81. The van der Waals surface area contributed by atoms with Crippen molar-refractivity contribution in [3.05, 3.63) is 75.1 Å². The SMILES string of the molecule is O=C(CSc1ccc(NC(=O)c2cccs2)cc1)Nc1ccc(Br)cc1F. The number of rotatable bonds is 6.